The van der Waals surface area contributed by atoms with Crippen LogP contribution in [0.3, 0.4) is 0 Å². The maximum Gasteiger partial charge on any atom is 0.253 e. The molecule has 1 heterocycles. The lowest BCUT2D eigenvalue weighted by molar-refractivity contribution is 0.0956. The van der Waals surface area contributed by atoms with Gasteiger partial charge in [0.2, 0.25) is 0 Å². The lowest BCUT2D eigenvalue weighted by Crippen LogP contribution is -2.26. The van der Waals surface area contributed by atoms with Gasteiger partial charge in [0.15, 0.2) is 0 Å². The molecule has 0 bridgehead atoms. The van der Waals surface area contributed by atoms with E-state index in [2.05, 4.69) is 10.6 Å². The van der Waals surface area contributed by atoms with Crippen LogP contribution in [0.1, 0.15) is 23.7 Å². The van der Waals surface area contributed by atoms with Crippen molar-refractivity contribution < 1.29 is 9.53 Å². The number of nitrogen functional groups attached to an aromatic ring is 1. The SMILES string of the molecule is CCNC(=O)c1ccc(N)cc1NC1CCOC1. The number of anilines is 2. The van der Waals surface area contributed by atoms with Gasteiger partial charge in [-0.25, -0.2) is 0 Å². The molecule has 98 valence electrons. The monoisotopic (exact) mass is 249 g/mol. The average Bonchev–Trinajstić information content (AvgIpc) is 2.82. The Hall–Kier alpha value is -1.75. The quantitative estimate of drug-likeness (QED) is 0.701. The largest absolute Gasteiger partial charge is 0.399 e. The Morgan fingerprint density at radius 1 is 1.56 bits per heavy atom. The van der Waals surface area contributed by atoms with E-state index in [1.54, 1.807) is 18.2 Å². The highest BCUT2D eigenvalue weighted by atomic mass is 16.5. The average molecular weight is 249 g/mol. The van der Waals surface area contributed by atoms with E-state index in [9.17, 15) is 4.79 Å². The second-order valence-electron chi connectivity index (χ2n) is 4.37. The summed E-state index contributed by atoms with van der Waals surface area (Å²) >= 11 is 0. The smallest absolute Gasteiger partial charge is 0.253 e. The molecule has 1 unspecified atom stereocenters. The summed E-state index contributed by atoms with van der Waals surface area (Å²) in [6.45, 7) is 3.93. The van der Waals surface area contributed by atoms with Gasteiger partial charge in [-0.1, -0.05) is 0 Å². The van der Waals surface area contributed by atoms with E-state index in [1.165, 1.54) is 0 Å². The van der Waals surface area contributed by atoms with Gasteiger partial charge in [0.05, 0.1) is 18.2 Å². The Morgan fingerprint density at radius 3 is 3.06 bits per heavy atom. The van der Waals surface area contributed by atoms with Crippen LogP contribution >= 0.6 is 0 Å². The molecule has 0 saturated carbocycles. The van der Waals surface area contributed by atoms with Crippen LogP contribution in [0.5, 0.6) is 0 Å². The maximum absolute atomic E-state index is 11.9. The Bertz CT molecular complexity index is 428. The van der Waals surface area contributed by atoms with Crippen LogP contribution < -0.4 is 16.4 Å². The molecule has 5 nitrogen and oxygen atoms in total. The number of nitrogens with two attached hydrogens (primary N) is 1. The Kier molecular flexibility index (Phi) is 4.04. The fraction of sp³-hybridized carbons (Fsp3) is 0.462. The van der Waals surface area contributed by atoms with Crippen LogP contribution in [0.25, 0.3) is 0 Å². The number of nitrogens with one attached hydrogen (secondary N) is 2. The summed E-state index contributed by atoms with van der Waals surface area (Å²) in [7, 11) is 0. The number of ether oxygens (including phenoxy) is 1. The summed E-state index contributed by atoms with van der Waals surface area (Å²) in [5.41, 5.74) is 7.81. The third-order valence-electron chi connectivity index (χ3n) is 2.91. The minimum Gasteiger partial charge on any atom is -0.399 e. The number of carbonyl (C=O) groups is 1. The number of amides is 1. The second kappa shape index (κ2) is 5.73. The lowest BCUT2D eigenvalue weighted by Gasteiger charge is -2.16. The Labute approximate surface area is 107 Å². The third-order valence-corrected chi connectivity index (χ3v) is 2.91. The maximum atomic E-state index is 11.9. The van der Waals surface area contributed by atoms with E-state index in [1.807, 2.05) is 6.92 Å². The molecular weight excluding hydrogens is 230 g/mol. The molecule has 0 aromatic heterocycles. The van der Waals surface area contributed by atoms with Crippen molar-refractivity contribution >= 4 is 17.3 Å². The molecule has 0 spiro atoms. The van der Waals surface area contributed by atoms with E-state index < -0.39 is 0 Å². The number of hydrogen-bond acceptors (Lipinski definition) is 4. The van der Waals surface area contributed by atoms with Gasteiger partial charge in [-0.2, -0.15) is 0 Å². The number of benzene rings is 1. The van der Waals surface area contributed by atoms with Crippen molar-refractivity contribution in [2.24, 2.45) is 0 Å². The molecule has 4 N–H and O–H groups in total. The third kappa shape index (κ3) is 2.92. The van der Waals surface area contributed by atoms with Crippen molar-refractivity contribution in [1.82, 2.24) is 5.32 Å². The van der Waals surface area contributed by atoms with Crippen molar-refractivity contribution in [3.05, 3.63) is 23.8 Å². The van der Waals surface area contributed by atoms with Crippen LogP contribution in [0.15, 0.2) is 18.2 Å². The molecule has 1 saturated heterocycles. The fourth-order valence-electron chi connectivity index (χ4n) is 2.00. The molecule has 18 heavy (non-hydrogen) atoms. The van der Waals surface area contributed by atoms with Gasteiger partial charge in [-0.05, 0) is 31.5 Å². The lowest BCUT2D eigenvalue weighted by atomic mass is 10.1. The zero-order valence-corrected chi connectivity index (χ0v) is 10.5. The number of hydrogen-bond donors (Lipinski definition) is 3. The first-order valence-electron chi connectivity index (χ1n) is 6.22. The Morgan fingerprint density at radius 2 is 2.39 bits per heavy atom. The normalized spacial score (nSPS) is 18.6. The predicted molar refractivity (Wildman–Crippen MR) is 71.7 cm³/mol. The minimum absolute atomic E-state index is 0.0843. The number of rotatable bonds is 4. The molecule has 1 fully saturated rings. The van der Waals surface area contributed by atoms with Gasteiger partial charge in [0.1, 0.15) is 0 Å². The van der Waals surface area contributed by atoms with Gasteiger partial charge in [0.25, 0.3) is 5.91 Å². The second-order valence-corrected chi connectivity index (χ2v) is 4.37. The van der Waals surface area contributed by atoms with Gasteiger partial charge >= 0.3 is 0 Å². The summed E-state index contributed by atoms with van der Waals surface area (Å²) in [6, 6.07) is 5.53. The first kappa shape index (κ1) is 12.7. The molecule has 1 aliphatic rings. The summed E-state index contributed by atoms with van der Waals surface area (Å²) < 4.78 is 5.31. The molecule has 1 aromatic rings. The van der Waals surface area contributed by atoms with Crippen LogP contribution in [0.2, 0.25) is 0 Å². The minimum atomic E-state index is -0.0843. The highest BCUT2D eigenvalue weighted by molar-refractivity contribution is 6.00. The highest BCUT2D eigenvalue weighted by Gasteiger charge is 2.18. The van der Waals surface area contributed by atoms with Crippen molar-refractivity contribution in [3.8, 4) is 0 Å². The van der Waals surface area contributed by atoms with Crippen molar-refractivity contribution in [3.63, 3.8) is 0 Å². The molecule has 1 amide bonds. The summed E-state index contributed by atoms with van der Waals surface area (Å²) in [6.07, 6.45) is 0.948. The van der Waals surface area contributed by atoms with Gasteiger partial charge in [-0.15, -0.1) is 0 Å². The van der Waals surface area contributed by atoms with E-state index in [0.29, 0.717) is 24.4 Å². The van der Waals surface area contributed by atoms with Crippen molar-refractivity contribution in [2.45, 2.75) is 19.4 Å². The Balaban J connectivity index is 2.19. The van der Waals surface area contributed by atoms with Crippen LogP contribution in [-0.2, 0) is 4.74 Å². The fourth-order valence-corrected chi connectivity index (χ4v) is 2.00. The number of carbonyl (C=O) groups excluding carboxylic acids is 1. The molecule has 0 aliphatic carbocycles. The summed E-state index contributed by atoms with van der Waals surface area (Å²) in [5.74, 6) is -0.0843. The van der Waals surface area contributed by atoms with Crippen LogP contribution in [-0.4, -0.2) is 31.7 Å². The molecule has 0 radical (unpaired) electrons. The van der Waals surface area contributed by atoms with Gasteiger partial charge < -0.3 is 21.1 Å². The topological polar surface area (TPSA) is 76.4 Å². The first-order valence-corrected chi connectivity index (χ1v) is 6.22. The van der Waals surface area contributed by atoms with E-state index in [0.717, 1.165) is 18.7 Å². The first-order chi connectivity index (χ1) is 8.70. The van der Waals surface area contributed by atoms with Gasteiger partial charge in [-0.3, -0.25) is 4.79 Å². The summed E-state index contributed by atoms with van der Waals surface area (Å²) in [4.78, 5) is 11.9. The van der Waals surface area contributed by atoms with Crippen LogP contribution in [0, 0.1) is 0 Å². The zero-order chi connectivity index (χ0) is 13.0. The summed E-state index contributed by atoms with van der Waals surface area (Å²) in [5, 5.41) is 6.12. The molecule has 1 aromatic carbocycles. The van der Waals surface area contributed by atoms with E-state index in [4.69, 9.17) is 10.5 Å². The van der Waals surface area contributed by atoms with Crippen molar-refractivity contribution in [1.29, 1.82) is 0 Å². The van der Waals surface area contributed by atoms with E-state index >= 15 is 0 Å². The molecule has 5 heteroatoms. The molecule has 1 atom stereocenters. The zero-order valence-electron chi connectivity index (χ0n) is 10.5. The van der Waals surface area contributed by atoms with Gasteiger partial charge in [0, 0.05) is 24.5 Å². The van der Waals surface area contributed by atoms with Crippen LogP contribution in [0.4, 0.5) is 11.4 Å². The van der Waals surface area contributed by atoms with E-state index in [-0.39, 0.29) is 11.9 Å². The molecule has 2 rings (SSSR count). The highest BCUT2D eigenvalue weighted by Crippen LogP contribution is 2.22. The van der Waals surface area contributed by atoms with Crippen molar-refractivity contribution in [2.75, 3.05) is 30.8 Å². The standard InChI is InChI=1S/C13H19N3O2/c1-2-15-13(17)11-4-3-9(14)7-12(11)16-10-5-6-18-8-10/h3-4,7,10,16H,2,5-6,8,14H2,1H3,(H,15,17). The molecule has 1 aliphatic heterocycles. The predicted octanol–water partition coefficient (Wildman–Crippen LogP) is 1.22. The molecular formula is C13H19N3O2.